The molecule has 0 saturated carbocycles. The molecule has 1 atom stereocenters. The van der Waals surface area contributed by atoms with Gasteiger partial charge in [0, 0.05) is 36.8 Å². The monoisotopic (exact) mass is 370 g/mol. The average molecular weight is 371 g/mol. The third-order valence-corrected chi connectivity index (χ3v) is 5.05. The maximum Gasteiger partial charge on any atom is 0.232 e. The second-order valence-electron chi connectivity index (χ2n) is 6.54. The molecule has 4 nitrogen and oxygen atoms in total. The van der Waals surface area contributed by atoms with Gasteiger partial charge < -0.3 is 9.80 Å². The standard InChI is InChI=1S/C21H23ClN2O2/c1-2-24(19-6-4-3-5-7-19)21(26)17-14-20(25)23(15-17)13-12-16-8-10-18(22)11-9-16/h3-11,17H,2,12-15H2,1H3. The Morgan fingerprint density at radius 1 is 1.15 bits per heavy atom. The molecule has 0 radical (unpaired) electrons. The summed E-state index contributed by atoms with van der Waals surface area (Å²) in [4.78, 5) is 28.8. The fourth-order valence-corrected chi connectivity index (χ4v) is 3.49. The molecule has 26 heavy (non-hydrogen) atoms. The number of likely N-dealkylation sites (tertiary alicyclic amines) is 1. The molecule has 1 aliphatic rings. The first-order chi connectivity index (χ1) is 12.6. The molecule has 1 saturated heterocycles. The van der Waals surface area contributed by atoms with Crippen LogP contribution in [0.2, 0.25) is 5.02 Å². The minimum atomic E-state index is -0.270. The van der Waals surface area contributed by atoms with Gasteiger partial charge in [0.25, 0.3) is 0 Å². The quantitative estimate of drug-likeness (QED) is 0.776. The summed E-state index contributed by atoms with van der Waals surface area (Å²) in [5, 5.41) is 0.706. The maximum absolute atomic E-state index is 12.9. The SMILES string of the molecule is CCN(C(=O)C1CC(=O)N(CCc2ccc(Cl)cc2)C1)c1ccccc1. The highest BCUT2D eigenvalue weighted by atomic mass is 35.5. The van der Waals surface area contributed by atoms with Crippen molar-refractivity contribution in [3.05, 3.63) is 65.2 Å². The summed E-state index contributed by atoms with van der Waals surface area (Å²) in [6.07, 6.45) is 1.06. The molecule has 0 aromatic heterocycles. The molecule has 0 N–H and O–H groups in total. The smallest absolute Gasteiger partial charge is 0.232 e. The zero-order valence-electron chi connectivity index (χ0n) is 14.9. The minimum Gasteiger partial charge on any atom is -0.342 e. The van der Waals surface area contributed by atoms with E-state index in [1.807, 2.05) is 61.5 Å². The van der Waals surface area contributed by atoms with Gasteiger partial charge in [0.2, 0.25) is 11.8 Å². The number of hydrogen-bond acceptors (Lipinski definition) is 2. The van der Waals surface area contributed by atoms with E-state index in [4.69, 9.17) is 11.6 Å². The van der Waals surface area contributed by atoms with Gasteiger partial charge in [0.05, 0.1) is 5.92 Å². The number of amides is 2. The lowest BCUT2D eigenvalue weighted by Gasteiger charge is -2.24. The van der Waals surface area contributed by atoms with Crippen LogP contribution in [0.3, 0.4) is 0 Å². The van der Waals surface area contributed by atoms with Crippen LogP contribution in [0.25, 0.3) is 0 Å². The summed E-state index contributed by atoms with van der Waals surface area (Å²) in [5.74, 6) is -0.185. The molecular formula is C21H23ClN2O2. The predicted molar refractivity (Wildman–Crippen MR) is 104 cm³/mol. The van der Waals surface area contributed by atoms with Crippen LogP contribution in [0.4, 0.5) is 5.69 Å². The Kier molecular flexibility index (Phi) is 5.94. The molecule has 5 heteroatoms. The second kappa shape index (κ2) is 8.37. The van der Waals surface area contributed by atoms with Crippen LogP contribution in [-0.4, -0.2) is 36.3 Å². The van der Waals surface area contributed by atoms with Gasteiger partial charge in [0.1, 0.15) is 0 Å². The third kappa shape index (κ3) is 4.25. The van der Waals surface area contributed by atoms with Crippen molar-refractivity contribution in [2.75, 3.05) is 24.5 Å². The van der Waals surface area contributed by atoms with Crippen LogP contribution in [0.5, 0.6) is 0 Å². The summed E-state index contributed by atoms with van der Waals surface area (Å²) in [5.41, 5.74) is 2.02. The second-order valence-corrected chi connectivity index (χ2v) is 6.97. The normalized spacial score (nSPS) is 16.8. The van der Waals surface area contributed by atoms with Crippen molar-refractivity contribution in [3.63, 3.8) is 0 Å². The highest BCUT2D eigenvalue weighted by Crippen LogP contribution is 2.24. The Balaban J connectivity index is 1.61. The van der Waals surface area contributed by atoms with Gasteiger partial charge in [-0.2, -0.15) is 0 Å². The zero-order valence-corrected chi connectivity index (χ0v) is 15.7. The Morgan fingerprint density at radius 3 is 2.50 bits per heavy atom. The zero-order chi connectivity index (χ0) is 18.5. The molecule has 2 amide bonds. The van der Waals surface area contributed by atoms with E-state index in [0.717, 1.165) is 17.7 Å². The summed E-state index contributed by atoms with van der Waals surface area (Å²) in [7, 11) is 0. The van der Waals surface area contributed by atoms with Crippen molar-refractivity contribution in [1.29, 1.82) is 0 Å². The van der Waals surface area contributed by atoms with Gasteiger partial charge in [-0.25, -0.2) is 0 Å². The fraction of sp³-hybridized carbons (Fsp3) is 0.333. The van der Waals surface area contributed by atoms with E-state index in [1.165, 1.54) is 0 Å². The molecule has 0 aliphatic carbocycles. The topological polar surface area (TPSA) is 40.6 Å². The highest BCUT2D eigenvalue weighted by molar-refractivity contribution is 6.30. The number of anilines is 1. The van der Waals surface area contributed by atoms with Crippen LogP contribution in [-0.2, 0) is 16.0 Å². The molecule has 0 bridgehead atoms. The number of para-hydroxylation sites is 1. The van der Waals surface area contributed by atoms with Gasteiger partial charge in [-0.05, 0) is 43.2 Å². The van der Waals surface area contributed by atoms with Gasteiger partial charge in [-0.1, -0.05) is 41.9 Å². The molecule has 2 aromatic carbocycles. The molecule has 1 aliphatic heterocycles. The third-order valence-electron chi connectivity index (χ3n) is 4.80. The lowest BCUT2D eigenvalue weighted by molar-refractivity contribution is -0.128. The summed E-state index contributed by atoms with van der Waals surface area (Å²) in [6, 6.07) is 17.3. The average Bonchev–Trinajstić information content (AvgIpc) is 3.03. The number of carbonyl (C=O) groups excluding carboxylic acids is 2. The van der Waals surface area contributed by atoms with Crippen LogP contribution in [0, 0.1) is 5.92 Å². The van der Waals surface area contributed by atoms with E-state index in [9.17, 15) is 9.59 Å². The van der Waals surface area contributed by atoms with E-state index in [1.54, 1.807) is 9.80 Å². The molecular weight excluding hydrogens is 348 g/mol. The Labute approximate surface area is 159 Å². The van der Waals surface area contributed by atoms with Gasteiger partial charge in [-0.3, -0.25) is 9.59 Å². The van der Waals surface area contributed by atoms with Crippen molar-refractivity contribution in [2.24, 2.45) is 5.92 Å². The predicted octanol–water partition coefficient (Wildman–Crippen LogP) is 3.78. The largest absolute Gasteiger partial charge is 0.342 e. The van der Waals surface area contributed by atoms with Crippen molar-refractivity contribution >= 4 is 29.1 Å². The lowest BCUT2D eigenvalue weighted by Crippen LogP contribution is -2.37. The molecule has 1 unspecified atom stereocenters. The first-order valence-electron chi connectivity index (χ1n) is 8.97. The molecule has 136 valence electrons. The van der Waals surface area contributed by atoms with Crippen molar-refractivity contribution in [1.82, 2.24) is 4.90 Å². The number of carbonyl (C=O) groups is 2. The number of hydrogen-bond donors (Lipinski definition) is 0. The first kappa shape index (κ1) is 18.5. The minimum absolute atomic E-state index is 0.0287. The van der Waals surface area contributed by atoms with Crippen molar-refractivity contribution < 1.29 is 9.59 Å². The van der Waals surface area contributed by atoms with Gasteiger partial charge >= 0.3 is 0 Å². The summed E-state index contributed by atoms with van der Waals surface area (Å²) in [6.45, 7) is 3.68. The van der Waals surface area contributed by atoms with E-state index >= 15 is 0 Å². The molecule has 1 fully saturated rings. The number of halogens is 1. The first-order valence-corrected chi connectivity index (χ1v) is 9.35. The van der Waals surface area contributed by atoms with Crippen LogP contribution >= 0.6 is 11.6 Å². The Hall–Kier alpha value is -2.33. The van der Waals surface area contributed by atoms with Gasteiger partial charge in [0.15, 0.2) is 0 Å². The Bertz CT molecular complexity index is 761. The van der Waals surface area contributed by atoms with Crippen molar-refractivity contribution in [3.8, 4) is 0 Å². The van der Waals surface area contributed by atoms with E-state index in [2.05, 4.69) is 0 Å². The molecule has 1 heterocycles. The lowest BCUT2D eigenvalue weighted by atomic mass is 10.1. The van der Waals surface area contributed by atoms with E-state index < -0.39 is 0 Å². The van der Waals surface area contributed by atoms with Crippen molar-refractivity contribution in [2.45, 2.75) is 19.8 Å². The van der Waals surface area contributed by atoms with E-state index in [0.29, 0.717) is 31.1 Å². The number of rotatable bonds is 6. The molecule has 0 spiro atoms. The number of nitrogens with zero attached hydrogens (tertiary/aromatic N) is 2. The van der Waals surface area contributed by atoms with Crippen LogP contribution in [0.1, 0.15) is 18.9 Å². The maximum atomic E-state index is 12.9. The fourth-order valence-electron chi connectivity index (χ4n) is 3.36. The molecule has 2 aromatic rings. The summed E-state index contributed by atoms with van der Waals surface area (Å²) >= 11 is 5.90. The van der Waals surface area contributed by atoms with E-state index in [-0.39, 0.29) is 17.7 Å². The summed E-state index contributed by atoms with van der Waals surface area (Å²) < 4.78 is 0. The Morgan fingerprint density at radius 2 is 1.85 bits per heavy atom. The van der Waals surface area contributed by atoms with Gasteiger partial charge in [-0.15, -0.1) is 0 Å². The highest BCUT2D eigenvalue weighted by Gasteiger charge is 2.36. The van der Waals surface area contributed by atoms with Crippen LogP contribution < -0.4 is 4.90 Å². The molecule has 3 rings (SSSR count). The number of benzene rings is 2. The van der Waals surface area contributed by atoms with Crippen LogP contribution in [0.15, 0.2) is 54.6 Å².